The number of benzene rings is 1. The Morgan fingerprint density at radius 2 is 2.08 bits per heavy atom. The lowest BCUT2D eigenvalue weighted by Crippen LogP contribution is -2.30. The molecule has 2 heterocycles. The first-order valence-corrected chi connectivity index (χ1v) is 9.81. The fraction of sp³-hybridized carbons (Fsp3) is 0.571. The molecule has 2 aromatic rings. The molecule has 1 aromatic heterocycles. The highest BCUT2D eigenvalue weighted by Gasteiger charge is 2.26. The first-order valence-electron chi connectivity index (χ1n) is 9.81. The molecular formula is C21H29N3O2. The second kappa shape index (κ2) is 6.95. The molecule has 1 unspecified atom stereocenters. The van der Waals surface area contributed by atoms with Crippen LogP contribution in [0.2, 0.25) is 0 Å². The Bertz CT molecular complexity index is 833. The number of ether oxygens (including phenoxy) is 1. The Labute approximate surface area is 155 Å². The minimum Gasteiger partial charge on any atom is -0.494 e. The van der Waals surface area contributed by atoms with Gasteiger partial charge < -0.3 is 19.7 Å². The monoisotopic (exact) mass is 355 g/mol. The van der Waals surface area contributed by atoms with Crippen molar-refractivity contribution in [2.24, 2.45) is 10.9 Å². The van der Waals surface area contributed by atoms with Gasteiger partial charge in [-0.1, -0.05) is 6.42 Å². The summed E-state index contributed by atoms with van der Waals surface area (Å²) in [4.78, 5) is 4.62. The fourth-order valence-corrected chi connectivity index (χ4v) is 4.13. The SMILES string of the molecule is CC(Nc1ccc2c(c1)c(C1=NCCOC1)c(O)n2C(C)C)C1CCC1. The van der Waals surface area contributed by atoms with Crippen molar-refractivity contribution in [2.45, 2.75) is 52.1 Å². The first kappa shape index (κ1) is 17.4. The van der Waals surface area contributed by atoms with Gasteiger partial charge in [-0.2, -0.15) is 0 Å². The highest BCUT2D eigenvalue weighted by Crippen LogP contribution is 2.37. The number of aliphatic imine (C=N–C) groups is 1. The van der Waals surface area contributed by atoms with Crippen LogP contribution in [-0.2, 0) is 4.74 Å². The molecule has 140 valence electrons. The maximum atomic E-state index is 10.9. The number of nitrogens with zero attached hydrogens (tertiary/aromatic N) is 2. The van der Waals surface area contributed by atoms with E-state index in [9.17, 15) is 5.11 Å². The van der Waals surface area contributed by atoms with E-state index in [-0.39, 0.29) is 6.04 Å². The minimum absolute atomic E-state index is 0.170. The molecule has 1 aromatic carbocycles. The van der Waals surface area contributed by atoms with E-state index < -0.39 is 0 Å². The maximum Gasteiger partial charge on any atom is 0.201 e. The maximum absolute atomic E-state index is 10.9. The van der Waals surface area contributed by atoms with Gasteiger partial charge in [-0.05, 0) is 57.7 Å². The van der Waals surface area contributed by atoms with Crippen LogP contribution >= 0.6 is 0 Å². The van der Waals surface area contributed by atoms with Crippen LogP contribution in [-0.4, -0.2) is 41.2 Å². The van der Waals surface area contributed by atoms with Crippen molar-refractivity contribution < 1.29 is 9.84 Å². The highest BCUT2D eigenvalue weighted by atomic mass is 16.5. The highest BCUT2D eigenvalue weighted by molar-refractivity contribution is 6.14. The number of aromatic hydroxyl groups is 1. The number of aromatic nitrogens is 1. The predicted molar refractivity (Wildman–Crippen MR) is 107 cm³/mol. The molecule has 1 fully saturated rings. The molecule has 0 amide bonds. The Morgan fingerprint density at radius 1 is 1.27 bits per heavy atom. The molecule has 2 N–H and O–H groups in total. The van der Waals surface area contributed by atoms with E-state index >= 15 is 0 Å². The number of rotatable bonds is 5. The van der Waals surface area contributed by atoms with E-state index in [4.69, 9.17) is 4.74 Å². The van der Waals surface area contributed by atoms with Crippen molar-refractivity contribution in [1.29, 1.82) is 0 Å². The Kier molecular flexibility index (Phi) is 4.65. The third-order valence-corrected chi connectivity index (χ3v) is 5.81. The molecule has 5 nitrogen and oxygen atoms in total. The van der Waals surface area contributed by atoms with Gasteiger partial charge in [0.25, 0.3) is 0 Å². The van der Waals surface area contributed by atoms with Gasteiger partial charge in [0, 0.05) is 23.2 Å². The van der Waals surface area contributed by atoms with Crippen LogP contribution in [0.15, 0.2) is 23.2 Å². The predicted octanol–water partition coefficient (Wildman–Crippen LogP) is 4.35. The second-order valence-electron chi connectivity index (χ2n) is 7.90. The van der Waals surface area contributed by atoms with Gasteiger partial charge in [-0.25, -0.2) is 0 Å². The topological polar surface area (TPSA) is 58.8 Å². The molecular weight excluding hydrogens is 326 g/mol. The summed E-state index contributed by atoms with van der Waals surface area (Å²) in [6, 6.07) is 7.04. The standard InChI is InChI=1S/C21H29N3O2/c1-13(2)24-19-8-7-16(23-14(3)15-5-4-6-15)11-17(19)20(21(24)25)18-12-26-10-9-22-18/h7-8,11,13-15,23,25H,4-6,9-10,12H2,1-3H3. The van der Waals surface area contributed by atoms with Crippen molar-refractivity contribution in [3.05, 3.63) is 23.8 Å². The zero-order valence-electron chi connectivity index (χ0n) is 16.0. The fourth-order valence-electron chi connectivity index (χ4n) is 4.13. The number of hydrogen-bond acceptors (Lipinski definition) is 4. The number of fused-ring (bicyclic) bond motifs is 1. The number of nitrogens with one attached hydrogen (secondary N) is 1. The van der Waals surface area contributed by atoms with Gasteiger partial charge in [0.15, 0.2) is 0 Å². The Morgan fingerprint density at radius 3 is 2.69 bits per heavy atom. The summed E-state index contributed by atoms with van der Waals surface area (Å²) < 4.78 is 7.58. The summed E-state index contributed by atoms with van der Waals surface area (Å²) in [7, 11) is 0. The lowest BCUT2D eigenvalue weighted by Gasteiger charge is -2.32. The molecule has 0 saturated heterocycles. The van der Waals surface area contributed by atoms with Gasteiger partial charge in [-0.15, -0.1) is 0 Å². The minimum atomic E-state index is 0.170. The van der Waals surface area contributed by atoms with E-state index in [1.807, 2.05) is 4.57 Å². The average molecular weight is 355 g/mol. The molecule has 1 aliphatic carbocycles. The van der Waals surface area contributed by atoms with E-state index in [1.165, 1.54) is 19.3 Å². The van der Waals surface area contributed by atoms with Crippen LogP contribution in [0, 0.1) is 5.92 Å². The van der Waals surface area contributed by atoms with Crippen molar-refractivity contribution >= 4 is 22.3 Å². The average Bonchev–Trinajstić information content (AvgIpc) is 2.85. The largest absolute Gasteiger partial charge is 0.494 e. The quantitative estimate of drug-likeness (QED) is 0.838. The summed E-state index contributed by atoms with van der Waals surface area (Å²) in [5, 5.41) is 15.7. The normalized spacial score (nSPS) is 19.5. The summed E-state index contributed by atoms with van der Waals surface area (Å²) in [6.45, 7) is 8.21. The first-order chi connectivity index (χ1) is 12.6. The van der Waals surface area contributed by atoms with Crippen molar-refractivity contribution in [2.75, 3.05) is 25.1 Å². The van der Waals surface area contributed by atoms with E-state index in [0.29, 0.717) is 31.7 Å². The molecule has 0 bridgehead atoms. The Hall–Kier alpha value is -2.01. The molecule has 1 atom stereocenters. The molecule has 1 saturated carbocycles. The van der Waals surface area contributed by atoms with Gasteiger partial charge in [0.05, 0.1) is 36.6 Å². The van der Waals surface area contributed by atoms with Crippen molar-refractivity contribution in [3.8, 4) is 5.88 Å². The van der Waals surface area contributed by atoms with Gasteiger partial charge in [0.2, 0.25) is 5.88 Å². The van der Waals surface area contributed by atoms with Crippen molar-refractivity contribution in [1.82, 2.24) is 4.57 Å². The number of hydrogen-bond donors (Lipinski definition) is 2. The Balaban J connectivity index is 1.78. The second-order valence-corrected chi connectivity index (χ2v) is 7.90. The smallest absolute Gasteiger partial charge is 0.201 e. The third kappa shape index (κ3) is 2.98. The van der Waals surface area contributed by atoms with Crippen LogP contribution in [0.3, 0.4) is 0 Å². The lowest BCUT2D eigenvalue weighted by molar-refractivity contribution is 0.171. The van der Waals surface area contributed by atoms with Crippen LogP contribution in [0.1, 0.15) is 51.6 Å². The van der Waals surface area contributed by atoms with Crippen molar-refractivity contribution in [3.63, 3.8) is 0 Å². The van der Waals surface area contributed by atoms with Crippen LogP contribution < -0.4 is 5.32 Å². The molecule has 5 heteroatoms. The zero-order valence-corrected chi connectivity index (χ0v) is 16.0. The van der Waals surface area contributed by atoms with E-state index in [2.05, 4.69) is 49.3 Å². The van der Waals surface area contributed by atoms with Crippen LogP contribution in [0.4, 0.5) is 5.69 Å². The molecule has 4 rings (SSSR count). The summed E-state index contributed by atoms with van der Waals surface area (Å²) in [6.07, 6.45) is 3.99. The van der Waals surface area contributed by atoms with E-state index in [1.54, 1.807) is 0 Å². The van der Waals surface area contributed by atoms with Gasteiger partial charge in [-0.3, -0.25) is 4.99 Å². The molecule has 2 aliphatic rings. The summed E-state index contributed by atoms with van der Waals surface area (Å²) >= 11 is 0. The zero-order chi connectivity index (χ0) is 18.3. The van der Waals surface area contributed by atoms with E-state index in [0.717, 1.165) is 33.8 Å². The van der Waals surface area contributed by atoms with Gasteiger partial charge >= 0.3 is 0 Å². The molecule has 26 heavy (non-hydrogen) atoms. The molecule has 0 radical (unpaired) electrons. The van der Waals surface area contributed by atoms with Gasteiger partial charge in [0.1, 0.15) is 0 Å². The molecule has 1 aliphatic heterocycles. The molecule has 0 spiro atoms. The third-order valence-electron chi connectivity index (χ3n) is 5.81. The summed E-state index contributed by atoms with van der Waals surface area (Å²) in [5.41, 5.74) is 3.83. The number of anilines is 1. The van der Waals surface area contributed by atoms with Crippen LogP contribution in [0.5, 0.6) is 5.88 Å². The lowest BCUT2D eigenvalue weighted by atomic mass is 9.80. The van der Waals surface area contributed by atoms with Crippen LogP contribution in [0.25, 0.3) is 10.9 Å². The summed E-state index contributed by atoms with van der Waals surface area (Å²) in [5.74, 6) is 1.07.